The number of hydrogen-bond acceptors (Lipinski definition) is 4. The van der Waals surface area contributed by atoms with Gasteiger partial charge in [-0.05, 0) is 12.5 Å². The van der Waals surface area contributed by atoms with E-state index in [9.17, 15) is 0 Å². The topological polar surface area (TPSA) is 37.3 Å². The molecule has 1 aromatic heterocycles. The maximum absolute atomic E-state index is 4.10. The molecule has 0 radical (unpaired) electrons. The minimum Gasteiger partial charge on any atom is -0.253 e. The molecule has 0 amide bonds. The zero-order chi connectivity index (χ0) is 10.5. The lowest BCUT2D eigenvalue weighted by Crippen LogP contribution is -1.89. The van der Waals surface area contributed by atoms with E-state index in [1.165, 1.54) is 16.9 Å². The minimum atomic E-state index is 0.805. The van der Waals surface area contributed by atoms with Gasteiger partial charge in [0.05, 0.1) is 6.21 Å². The van der Waals surface area contributed by atoms with E-state index in [-0.39, 0.29) is 0 Å². The van der Waals surface area contributed by atoms with Gasteiger partial charge in [-0.15, -0.1) is 11.3 Å². The second-order valence-electron chi connectivity index (χ2n) is 3.12. The number of aromatic nitrogens is 1. The Morgan fingerprint density at radius 2 is 2.40 bits per heavy atom. The van der Waals surface area contributed by atoms with E-state index in [0.29, 0.717) is 0 Å². The number of benzene rings is 1. The van der Waals surface area contributed by atoms with Gasteiger partial charge in [-0.3, -0.25) is 5.43 Å². The van der Waals surface area contributed by atoms with Gasteiger partial charge in [0.1, 0.15) is 0 Å². The SMILES string of the molecule is Cc1cccc(/C=N\Nc2nccs2)c1. The van der Waals surface area contributed by atoms with E-state index in [4.69, 9.17) is 0 Å². The molecule has 3 nitrogen and oxygen atoms in total. The summed E-state index contributed by atoms with van der Waals surface area (Å²) in [6.45, 7) is 2.06. The van der Waals surface area contributed by atoms with Crippen molar-refractivity contribution in [3.05, 3.63) is 47.0 Å². The molecular formula is C11H11N3S. The van der Waals surface area contributed by atoms with Crippen LogP contribution in [0.4, 0.5) is 5.13 Å². The van der Waals surface area contributed by atoms with E-state index in [1.54, 1.807) is 12.4 Å². The Labute approximate surface area is 92.5 Å². The normalized spacial score (nSPS) is 10.7. The fourth-order valence-electron chi connectivity index (χ4n) is 1.19. The molecule has 15 heavy (non-hydrogen) atoms. The number of thiazole rings is 1. The molecule has 1 heterocycles. The van der Waals surface area contributed by atoms with Crippen molar-refractivity contribution < 1.29 is 0 Å². The predicted molar refractivity (Wildman–Crippen MR) is 64.5 cm³/mol. The Balaban J connectivity index is 2.00. The van der Waals surface area contributed by atoms with Crippen molar-refractivity contribution in [2.24, 2.45) is 5.10 Å². The van der Waals surface area contributed by atoms with Gasteiger partial charge in [-0.1, -0.05) is 29.8 Å². The van der Waals surface area contributed by atoms with Crippen molar-refractivity contribution in [1.29, 1.82) is 0 Å². The number of rotatable bonds is 3. The Morgan fingerprint density at radius 3 is 3.13 bits per heavy atom. The summed E-state index contributed by atoms with van der Waals surface area (Å²) in [5.41, 5.74) is 5.18. The van der Waals surface area contributed by atoms with Crippen molar-refractivity contribution in [2.75, 3.05) is 5.43 Å². The summed E-state index contributed by atoms with van der Waals surface area (Å²) < 4.78 is 0. The fourth-order valence-corrected chi connectivity index (χ4v) is 1.67. The van der Waals surface area contributed by atoms with Crippen LogP contribution in [0.25, 0.3) is 0 Å². The monoisotopic (exact) mass is 217 g/mol. The Kier molecular flexibility index (Phi) is 3.09. The molecule has 0 atom stereocenters. The molecule has 2 rings (SSSR count). The van der Waals surface area contributed by atoms with Gasteiger partial charge in [0.15, 0.2) is 0 Å². The summed E-state index contributed by atoms with van der Waals surface area (Å²) in [6, 6.07) is 8.17. The summed E-state index contributed by atoms with van der Waals surface area (Å²) in [5, 5.41) is 6.81. The third-order valence-corrected chi connectivity index (χ3v) is 2.53. The number of hydrazone groups is 1. The van der Waals surface area contributed by atoms with Crippen molar-refractivity contribution in [1.82, 2.24) is 4.98 Å². The average Bonchev–Trinajstić information content (AvgIpc) is 2.71. The summed E-state index contributed by atoms with van der Waals surface area (Å²) >= 11 is 1.53. The molecule has 0 spiro atoms. The van der Waals surface area contributed by atoms with Crippen LogP contribution in [0.1, 0.15) is 11.1 Å². The molecule has 0 saturated heterocycles. The Hall–Kier alpha value is -1.68. The molecule has 0 unspecified atom stereocenters. The second-order valence-corrected chi connectivity index (χ2v) is 4.02. The highest BCUT2D eigenvalue weighted by atomic mass is 32.1. The maximum Gasteiger partial charge on any atom is 0.203 e. The quantitative estimate of drug-likeness (QED) is 0.634. The number of nitrogens with one attached hydrogen (secondary N) is 1. The first-order valence-electron chi connectivity index (χ1n) is 4.60. The van der Waals surface area contributed by atoms with Gasteiger partial charge in [0.25, 0.3) is 0 Å². The van der Waals surface area contributed by atoms with Crippen LogP contribution in [0.15, 0.2) is 40.9 Å². The third-order valence-electron chi connectivity index (χ3n) is 1.85. The molecule has 1 N–H and O–H groups in total. The van der Waals surface area contributed by atoms with Crippen LogP contribution in [0.3, 0.4) is 0 Å². The van der Waals surface area contributed by atoms with Crippen molar-refractivity contribution in [2.45, 2.75) is 6.92 Å². The zero-order valence-corrected chi connectivity index (χ0v) is 9.16. The minimum absolute atomic E-state index is 0.805. The number of anilines is 1. The first kappa shape index (κ1) is 9.86. The highest BCUT2D eigenvalue weighted by Crippen LogP contribution is 2.09. The molecule has 0 fully saturated rings. The Bertz CT molecular complexity index is 449. The first-order chi connectivity index (χ1) is 7.34. The van der Waals surface area contributed by atoms with E-state index < -0.39 is 0 Å². The van der Waals surface area contributed by atoms with Gasteiger partial charge in [0, 0.05) is 11.6 Å². The molecule has 4 heteroatoms. The maximum atomic E-state index is 4.10. The van der Waals surface area contributed by atoms with Crippen LogP contribution in [0, 0.1) is 6.92 Å². The number of hydrogen-bond donors (Lipinski definition) is 1. The molecule has 2 aromatic rings. The molecule has 0 aliphatic carbocycles. The average molecular weight is 217 g/mol. The highest BCUT2D eigenvalue weighted by Gasteiger charge is 1.90. The van der Waals surface area contributed by atoms with Gasteiger partial charge >= 0.3 is 0 Å². The summed E-state index contributed by atoms with van der Waals surface area (Å²) in [4.78, 5) is 4.06. The van der Waals surface area contributed by atoms with Crippen molar-refractivity contribution in [3.8, 4) is 0 Å². The molecule has 0 saturated carbocycles. The summed E-state index contributed by atoms with van der Waals surface area (Å²) in [6.07, 6.45) is 3.53. The predicted octanol–water partition coefficient (Wildman–Crippen LogP) is 2.90. The highest BCUT2D eigenvalue weighted by molar-refractivity contribution is 7.13. The summed E-state index contributed by atoms with van der Waals surface area (Å²) in [5.74, 6) is 0. The van der Waals surface area contributed by atoms with Gasteiger partial charge < -0.3 is 0 Å². The molecule has 0 aliphatic heterocycles. The largest absolute Gasteiger partial charge is 0.253 e. The van der Waals surface area contributed by atoms with Crippen LogP contribution in [0.2, 0.25) is 0 Å². The lowest BCUT2D eigenvalue weighted by molar-refractivity contribution is 1.29. The standard InChI is InChI=1S/C11H11N3S/c1-9-3-2-4-10(7-9)8-13-14-11-12-5-6-15-11/h2-8H,1H3,(H,12,14)/b13-8-. The molecule has 0 bridgehead atoms. The van der Waals surface area contributed by atoms with E-state index >= 15 is 0 Å². The third kappa shape index (κ3) is 2.89. The van der Waals surface area contributed by atoms with Crippen molar-refractivity contribution in [3.63, 3.8) is 0 Å². The molecular weight excluding hydrogens is 206 g/mol. The van der Waals surface area contributed by atoms with Crippen LogP contribution in [-0.2, 0) is 0 Å². The second kappa shape index (κ2) is 4.70. The number of nitrogens with zero attached hydrogens (tertiary/aromatic N) is 2. The smallest absolute Gasteiger partial charge is 0.203 e. The summed E-state index contributed by atoms with van der Waals surface area (Å²) in [7, 11) is 0. The van der Waals surface area contributed by atoms with Crippen LogP contribution in [-0.4, -0.2) is 11.2 Å². The fraction of sp³-hybridized carbons (Fsp3) is 0.0909. The van der Waals surface area contributed by atoms with E-state index in [1.807, 2.05) is 17.5 Å². The Morgan fingerprint density at radius 1 is 1.47 bits per heavy atom. The molecule has 1 aromatic carbocycles. The van der Waals surface area contributed by atoms with E-state index in [2.05, 4.69) is 34.6 Å². The lowest BCUT2D eigenvalue weighted by atomic mass is 10.2. The zero-order valence-electron chi connectivity index (χ0n) is 8.34. The lowest BCUT2D eigenvalue weighted by Gasteiger charge is -1.95. The van der Waals surface area contributed by atoms with E-state index in [0.717, 1.165) is 10.7 Å². The first-order valence-corrected chi connectivity index (χ1v) is 5.48. The van der Waals surface area contributed by atoms with Crippen LogP contribution >= 0.6 is 11.3 Å². The van der Waals surface area contributed by atoms with Gasteiger partial charge in [-0.25, -0.2) is 4.98 Å². The van der Waals surface area contributed by atoms with Crippen LogP contribution < -0.4 is 5.43 Å². The van der Waals surface area contributed by atoms with Crippen molar-refractivity contribution >= 4 is 22.7 Å². The molecule has 76 valence electrons. The number of aryl methyl sites for hydroxylation is 1. The molecule has 0 aliphatic rings. The van der Waals surface area contributed by atoms with Gasteiger partial charge in [0.2, 0.25) is 5.13 Å². The van der Waals surface area contributed by atoms with Gasteiger partial charge in [-0.2, -0.15) is 5.10 Å². The van der Waals surface area contributed by atoms with Crippen LogP contribution in [0.5, 0.6) is 0 Å².